The molecule has 0 aliphatic rings. The summed E-state index contributed by atoms with van der Waals surface area (Å²) in [5, 5.41) is 2.86. The van der Waals surface area contributed by atoms with Gasteiger partial charge in [-0.3, -0.25) is 4.99 Å². The molecule has 0 N–H and O–H groups in total. The second-order valence-electron chi connectivity index (χ2n) is 1.94. The van der Waals surface area contributed by atoms with E-state index >= 15 is 0 Å². The van der Waals surface area contributed by atoms with Gasteiger partial charge >= 0.3 is 0 Å². The maximum atomic E-state index is 4.07. The Labute approximate surface area is 75.2 Å². The molecule has 0 spiro atoms. The number of hydrogen-bond acceptors (Lipinski definition) is 3. The molecule has 0 radical (unpaired) electrons. The van der Waals surface area contributed by atoms with Gasteiger partial charge in [-0.05, 0) is 18.9 Å². The smallest absolute Gasteiger partial charge is 0.146 e. The van der Waals surface area contributed by atoms with E-state index in [0.29, 0.717) is 5.84 Å². The van der Waals surface area contributed by atoms with E-state index in [9.17, 15) is 0 Å². The SMILES string of the molecule is C=NC(C=Cc1nccs1)=NC. The Morgan fingerprint density at radius 2 is 2.58 bits per heavy atom. The lowest BCUT2D eigenvalue weighted by atomic mass is 10.5. The normalized spacial score (nSPS) is 12.2. The molecular weight excluding hydrogens is 170 g/mol. The molecule has 0 aliphatic carbocycles. The summed E-state index contributed by atoms with van der Waals surface area (Å²) in [5.74, 6) is 0.616. The first-order chi connectivity index (χ1) is 5.86. The van der Waals surface area contributed by atoms with E-state index in [-0.39, 0.29) is 0 Å². The standard InChI is InChI=1S/C8H9N3S/c1-9-7(10-2)3-4-8-11-5-6-12-8/h3-6H,1H2,2H3. The van der Waals surface area contributed by atoms with E-state index in [0.717, 1.165) is 5.01 Å². The van der Waals surface area contributed by atoms with Gasteiger partial charge in [0.25, 0.3) is 0 Å². The fourth-order valence-electron chi connectivity index (χ4n) is 0.661. The van der Waals surface area contributed by atoms with Crippen LogP contribution in [-0.2, 0) is 0 Å². The predicted octanol–water partition coefficient (Wildman–Crippen LogP) is 1.89. The van der Waals surface area contributed by atoms with Crippen molar-refractivity contribution in [2.24, 2.45) is 9.98 Å². The molecule has 1 heterocycles. The number of nitrogens with zero attached hydrogens (tertiary/aromatic N) is 3. The van der Waals surface area contributed by atoms with Gasteiger partial charge in [-0.15, -0.1) is 11.3 Å². The van der Waals surface area contributed by atoms with E-state index in [1.165, 1.54) is 0 Å². The summed E-state index contributed by atoms with van der Waals surface area (Å²) in [6, 6.07) is 0. The van der Waals surface area contributed by atoms with E-state index in [4.69, 9.17) is 0 Å². The van der Waals surface area contributed by atoms with Crippen molar-refractivity contribution >= 4 is 30.0 Å². The van der Waals surface area contributed by atoms with Crippen molar-refractivity contribution in [3.05, 3.63) is 22.7 Å². The van der Waals surface area contributed by atoms with Crippen molar-refractivity contribution in [1.29, 1.82) is 0 Å². The minimum absolute atomic E-state index is 0.616. The van der Waals surface area contributed by atoms with Crippen LogP contribution in [0.1, 0.15) is 5.01 Å². The zero-order chi connectivity index (χ0) is 8.81. The second-order valence-corrected chi connectivity index (χ2v) is 2.87. The Morgan fingerprint density at radius 3 is 3.08 bits per heavy atom. The molecule has 0 saturated heterocycles. The molecule has 0 aliphatic heterocycles. The lowest BCUT2D eigenvalue weighted by Gasteiger charge is -1.86. The van der Waals surface area contributed by atoms with Crippen LogP contribution in [0.25, 0.3) is 6.08 Å². The number of thiazole rings is 1. The van der Waals surface area contributed by atoms with Crippen LogP contribution in [0.2, 0.25) is 0 Å². The van der Waals surface area contributed by atoms with E-state index in [2.05, 4.69) is 21.7 Å². The molecular formula is C8H9N3S. The van der Waals surface area contributed by atoms with Gasteiger partial charge in [0.15, 0.2) is 0 Å². The van der Waals surface area contributed by atoms with Crippen LogP contribution < -0.4 is 0 Å². The highest BCUT2D eigenvalue weighted by molar-refractivity contribution is 7.10. The number of rotatable bonds is 2. The third-order valence-corrected chi connectivity index (χ3v) is 1.96. The van der Waals surface area contributed by atoms with Crippen molar-refractivity contribution in [2.45, 2.75) is 0 Å². The van der Waals surface area contributed by atoms with Crippen LogP contribution in [-0.4, -0.2) is 24.6 Å². The minimum atomic E-state index is 0.616. The van der Waals surface area contributed by atoms with Crippen LogP contribution in [0.5, 0.6) is 0 Å². The lowest BCUT2D eigenvalue weighted by Crippen LogP contribution is -1.84. The highest BCUT2D eigenvalue weighted by Crippen LogP contribution is 2.05. The van der Waals surface area contributed by atoms with Crippen LogP contribution in [0, 0.1) is 0 Å². The molecule has 0 fully saturated rings. The summed E-state index contributed by atoms with van der Waals surface area (Å²) in [7, 11) is 1.68. The van der Waals surface area contributed by atoms with Gasteiger partial charge in [0, 0.05) is 18.6 Å². The highest BCUT2D eigenvalue weighted by atomic mass is 32.1. The summed E-state index contributed by atoms with van der Waals surface area (Å²) >= 11 is 1.57. The van der Waals surface area contributed by atoms with Crippen LogP contribution >= 0.6 is 11.3 Å². The molecule has 1 aromatic rings. The minimum Gasteiger partial charge on any atom is -0.270 e. The summed E-state index contributed by atoms with van der Waals surface area (Å²) in [5.41, 5.74) is 0. The van der Waals surface area contributed by atoms with Crippen LogP contribution in [0.3, 0.4) is 0 Å². The molecule has 0 unspecified atom stereocenters. The quantitative estimate of drug-likeness (QED) is 0.504. The summed E-state index contributed by atoms with van der Waals surface area (Å²) in [6.07, 6.45) is 5.40. The van der Waals surface area contributed by atoms with Gasteiger partial charge < -0.3 is 0 Å². The molecule has 12 heavy (non-hydrogen) atoms. The highest BCUT2D eigenvalue weighted by Gasteiger charge is 1.88. The average Bonchev–Trinajstić information content (AvgIpc) is 2.59. The molecule has 0 bridgehead atoms. The van der Waals surface area contributed by atoms with Crippen molar-refractivity contribution < 1.29 is 0 Å². The Balaban J connectivity index is 2.68. The molecule has 0 amide bonds. The molecule has 0 aromatic carbocycles. The maximum absolute atomic E-state index is 4.07. The van der Waals surface area contributed by atoms with Gasteiger partial charge in [-0.2, -0.15) is 0 Å². The zero-order valence-corrected chi connectivity index (χ0v) is 7.58. The molecule has 1 rings (SSSR count). The monoisotopic (exact) mass is 179 g/mol. The molecule has 0 atom stereocenters. The fraction of sp³-hybridized carbons (Fsp3) is 0.125. The first-order valence-corrected chi connectivity index (χ1v) is 4.26. The largest absolute Gasteiger partial charge is 0.270 e. The Kier molecular flexibility index (Phi) is 3.35. The Hall–Kier alpha value is -1.29. The Morgan fingerprint density at radius 1 is 1.75 bits per heavy atom. The van der Waals surface area contributed by atoms with Gasteiger partial charge in [0.1, 0.15) is 10.8 Å². The third kappa shape index (κ3) is 2.39. The fourth-order valence-corrected chi connectivity index (χ4v) is 1.19. The lowest BCUT2D eigenvalue weighted by molar-refractivity contribution is 1.39. The predicted molar refractivity (Wildman–Crippen MR) is 54.1 cm³/mol. The van der Waals surface area contributed by atoms with E-state index in [1.54, 1.807) is 30.7 Å². The van der Waals surface area contributed by atoms with E-state index in [1.807, 2.05) is 11.5 Å². The van der Waals surface area contributed by atoms with Crippen LogP contribution in [0.15, 0.2) is 27.6 Å². The number of hydrogen-bond donors (Lipinski definition) is 0. The van der Waals surface area contributed by atoms with Crippen molar-refractivity contribution in [2.75, 3.05) is 7.05 Å². The van der Waals surface area contributed by atoms with Gasteiger partial charge in [0.2, 0.25) is 0 Å². The molecule has 4 heteroatoms. The molecule has 62 valence electrons. The molecule has 3 nitrogen and oxygen atoms in total. The molecule has 1 aromatic heterocycles. The van der Waals surface area contributed by atoms with Crippen molar-refractivity contribution in [1.82, 2.24) is 4.98 Å². The first kappa shape index (κ1) is 8.80. The van der Waals surface area contributed by atoms with E-state index < -0.39 is 0 Å². The number of amidine groups is 1. The first-order valence-electron chi connectivity index (χ1n) is 3.38. The van der Waals surface area contributed by atoms with Crippen molar-refractivity contribution in [3.8, 4) is 0 Å². The third-order valence-electron chi connectivity index (χ3n) is 1.22. The maximum Gasteiger partial charge on any atom is 0.146 e. The van der Waals surface area contributed by atoms with Gasteiger partial charge in [-0.1, -0.05) is 0 Å². The zero-order valence-electron chi connectivity index (χ0n) is 6.77. The van der Waals surface area contributed by atoms with Crippen molar-refractivity contribution in [3.63, 3.8) is 0 Å². The summed E-state index contributed by atoms with van der Waals surface area (Å²) < 4.78 is 0. The van der Waals surface area contributed by atoms with Gasteiger partial charge in [-0.25, -0.2) is 9.98 Å². The number of aromatic nitrogens is 1. The average molecular weight is 179 g/mol. The summed E-state index contributed by atoms with van der Waals surface area (Å²) in [4.78, 5) is 11.7. The van der Waals surface area contributed by atoms with Crippen LogP contribution in [0.4, 0.5) is 0 Å². The van der Waals surface area contributed by atoms with Gasteiger partial charge in [0.05, 0.1) is 0 Å². The second kappa shape index (κ2) is 4.56. The Bertz CT molecular complexity index is 298. The summed E-state index contributed by atoms with van der Waals surface area (Å²) in [6.45, 7) is 3.38. The molecule has 0 saturated carbocycles. The number of aliphatic imine (C=N–C) groups is 2. The topological polar surface area (TPSA) is 37.6 Å².